The molecule has 0 radical (unpaired) electrons. The normalized spacial score (nSPS) is 18.2. The highest BCUT2D eigenvalue weighted by molar-refractivity contribution is 5.97. The van der Waals surface area contributed by atoms with Crippen molar-refractivity contribution in [3.8, 4) is 0 Å². The summed E-state index contributed by atoms with van der Waals surface area (Å²) in [7, 11) is 0. The van der Waals surface area contributed by atoms with Crippen molar-refractivity contribution in [2.45, 2.75) is 51.1 Å². The molecular weight excluding hydrogens is 244 g/mol. The molecule has 1 aromatic heterocycles. The number of aliphatic hydroxyl groups is 1. The maximum atomic E-state index is 12.2. The van der Waals surface area contributed by atoms with Crippen LogP contribution < -0.4 is 11.1 Å². The highest BCUT2D eigenvalue weighted by atomic mass is 16.3. The molecule has 1 aliphatic carbocycles. The number of aromatic nitrogens is 2. The number of nitrogens with zero attached hydrogens (tertiary/aromatic N) is 2. The van der Waals surface area contributed by atoms with Crippen LogP contribution in [0.2, 0.25) is 0 Å². The smallest absolute Gasteiger partial charge is 0.274 e. The second-order valence-electron chi connectivity index (χ2n) is 5.24. The minimum absolute atomic E-state index is 0.0346. The van der Waals surface area contributed by atoms with Crippen LogP contribution >= 0.6 is 0 Å². The highest BCUT2D eigenvalue weighted by Crippen LogP contribution is 2.28. The van der Waals surface area contributed by atoms with Crippen molar-refractivity contribution < 1.29 is 9.90 Å². The Kier molecular flexibility index (Phi) is 4.09. The molecule has 19 heavy (non-hydrogen) atoms. The van der Waals surface area contributed by atoms with E-state index in [1.165, 1.54) is 0 Å². The number of amides is 1. The molecule has 1 amide bonds. The zero-order valence-electron chi connectivity index (χ0n) is 11.4. The third kappa shape index (κ3) is 2.89. The fourth-order valence-corrected chi connectivity index (χ4v) is 2.63. The molecule has 0 aliphatic heterocycles. The van der Waals surface area contributed by atoms with Crippen molar-refractivity contribution in [3.63, 3.8) is 0 Å². The third-order valence-corrected chi connectivity index (χ3v) is 3.82. The van der Waals surface area contributed by atoms with E-state index in [4.69, 9.17) is 5.73 Å². The van der Waals surface area contributed by atoms with Crippen LogP contribution in [0, 0.1) is 0 Å². The lowest BCUT2D eigenvalue weighted by Crippen LogP contribution is -2.52. The number of aryl methyl sites for hydroxylation is 1. The Labute approximate surface area is 113 Å². The number of rotatable bonds is 4. The maximum absolute atomic E-state index is 12.2. The van der Waals surface area contributed by atoms with Crippen LogP contribution in [0.25, 0.3) is 0 Å². The second-order valence-corrected chi connectivity index (χ2v) is 5.24. The second kappa shape index (κ2) is 5.61. The average Bonchev–Trinajstić information content (AvgIpc) is 2.81. The topological polar surface area (TPSA) is 93.2 Å². The lowest BCUT2D eigenvalue weighted by molar-refractivity contribution is 0.0754. The largest absolute Gasteiger partial charge is 0.396 e. The zero-order valence-corrected chi connectivity index (χ0v) is 11.4. The SMILES string of the molecule is CCn1cc(N)c(C(=O)NC2(CO)CCCCC2)n1. The monoisotopic (exact) mass is 266 g/mol. The predicted octanol–water partition coefficient (Wildman–Crippen LogP) is 0.910. The minimum Gasteiger partial charge on any atom is -0.396 e. The molecule has 0 aromatic carbocycles. The summed E-state index contributed by atoms with van der Waals surface area (Å²) < 4.78 is 1.64. The number of aliphatic hydroxyl groups excluding tert-OH is 1. The number of carbonyl (C=O) groups is 1. The van der Waals surface area contributed by atoms with Crippen LogP contribution in [0.1, 0.15) is 49.5 Å². The molecule has 6 heteroatoms. The molecule has 1 fully saturated rings. The molecular formula is C13H22N4O2. The number of anilines is 1. The lowest BCUT2D eigenvalue weighted by Gasteiger charge is -2.36. The molecule has 0 atom stereocenters. The molecule has 0 unspecified atom stereocenters. The van der Waals surface area contributed by atoms with Gasteiger partial charge in [-0.25, -0.2) is 0 Å². The summed E-state index contributed by atoms with van der Waals surface area (Å²) in [5.41, 5.74) is 5.93. The van der Waals surface area contributed by atoms with Crippen LogP contribution in [0.5, 0.6) is 0 Å². The molecule has 0 saturated heterocycles. The molecule has 0 spiro atoms. The van der Waals surface area contributed by atoms with Gasteiger partial charge in [0, 0.05) is 12.7 Å². The van der Waals surface area contributed by atoms with Crippen LogP contribution in [0.15, 0.2) is 6.20 Å². The maximum Gasteiger partial charge on any atom is 0.274 e. The fraction of sp³-hybridized carbons (Fsp3) is 0.692. The van der Waals surface area contributed by atoms with E-state index in [0.29, 0.717) is 12.2 Å². The number of nitrogen functional groups attached to an aromatic ring is 1. The van der Waals surface area contributed by atoms with E-state index in [1.54, 1.807) is 10.9 Å². The first-order valence-electron chi connectivity index (χ1n) is 6.86. The van der Waals surface area contributed by atoms with Crippen molar-refractivity contribution in [2.75, 3.05) is 12.3 Å². The highest BCUT2D eigenvalue weighted by Gasteiger charge is 2.34. The molecule has 106 valence electrons. The predicted molar refractivity (Wildman–Crippen MR) is 72.7 cm³/mol. The molecule has 1 aliphatic rings. The standard InChI is InChI=1S/C13H22N4O2/c1-2-17-8-10(14)11(16-17)12(19)15-13(9-18)6-4-3-5-7-13/h8,18H,2-7,9,14H2,1H3,(H,15,19). The third-order valence-electron chi connectivity index (χ3n) is 3.82. The van der Waals surface area contributed by atoms with E-state index in [1.807, 2.05) is 6.92 Å². The zero-order chi connectivity index (χ0) is 13.9. The van der Waals surface area contributed by atoms with Crippen molar-refractivity contribution in [1.82, 2.24) is 15.1 Å². The van der Waals surface area contributed by atoms with Gasteiger partial charge in [-0.3, -0.25) is 9.48 Å². The Morgan fingerprint density at radius 3 is 2.74 bits per heavy atom. The Hall–Kier alpha value is -1.56. The Balaban J connectivity index is 2.12. The van der Waals surface area contributed by atoms with Gasteiger partial charge in [-0.2, -0.15) is 5.10 Å². The van der Waals surface area contributed by atoms with Gasteiger partial charge < -0.3 is 16.2 Å². The molecule has 1 saturated carbocycles. The van der Waals surface area contributed by atoms with Crippen LogP contribution in [0.4, 0.5) is 5.69 Å². The fourth-order valence-electron chi connectivity index (χ4n) is 2.63. The van der Waals surface area contributed by atoms with Crippen molar-refractivity contribution in [2.24, 2.45) is 0 Å². The molecule has 4 N–H and O–H groups in total. The van der Waals surface area contributed by atoms with Gasteiger partial charge in [-0.1, -0.05) is 19.3 Å². The quantitative estimate of drug-likeness (QED) is 0.755. The number of hydrogen-bond acceptors (Lipinski definition) is 4. The molecule has 1 aromatic rings. The molecule has 1 heterocycles. The Morgan fingerprint density at radius 2 is 2.21 bits per heavy atom. The number of nitrogens with one attached hydrogen (secondary N) is 1. The van der Waals surface area contributed by atoms with Gasteiger partial charge >= 0.3 is 0 Å². The van der Waals surface area contributed by atoms with Gasteiger partial charge in [0.25, 0.3) is 5.91 Å². The summed E-state index contributed by atoms with van der Waals surface area (Å²) in [4.78, 5) is 12.2. The van der Waals surface area contributed by atoms with Crippen molar-refractivity contribution in [3.05, 3.63) is 11.9 Å². The van der Waals surface area contributed by atoms with Gasteiger partial charge in [0.05, 0.1) is 17.8 Å². The molecule has 2 rings (SSSR count). The number of carbonyl (C=O) groups excluding carboxylic acids is 1. The van der Waals surface area contributed by atoms with Crippen LogP contribution in [0.3, 0.4) is 0 Å². The van der Waals surface area contributed by atoms with Gasteiger partial charge in [0.2, 0.25) is 0 Å². The summed E-state index contributed by atoms with van der Waals surface area (Å²) in [6.07, 6.45) is 6.48. The van der Waals surface area contributed by atoms with Crippen LogP contribution in [-0.4, -0.2) is 32.9 Å². The lowest BCUT2D eigenvalue weighted by atomic mass is 9.82. The van der Waals surface area contributed by atoms with E-state index in [-0.39, 0.29) is 18.2 Å². The van der Waals surface area contributed by atoms with Crippen molar-refractivity contribution in [1.29, 1.82) is 0 Å². The van der Waals surface area contributed by atoms with Gasteiger partial charge in [0.15, 0.2) is 5.69 Å². The van der Waals surface area contributed by atoms with Crippen LogP contribution in [-0.2, 0) is 6.54 Å². The number of hydrogen-bond donors (Lipinski definition) is 3. The average molecular weight is 266 g/mol. The number of nitrogens with two attached hydrogens (primary N) is 1. The minimum atomic E-state index is -0.502. The molecule has 0 bridgehead atoms. The van der Waals surface area contributed by atoms with Gasteiger partial charge in [-0.05, 0) is 19.8 Å². The van der Waals surface area contributed by atoms with Crippen molar-refractivity contribution >= 4 is 11.6 Å². The summed E-state index contributed by atoms with van der Waals surface area (Å²) in [6, 6.07) is 0. The van der Waals surface area contributed by atoms with Gasteiger partial charge in [-0.15, -0.1) is 0 Å². The summed E-state index contributed by atoms with van der Waals surface area (Å²) >= 11 is 0. The molecule has 6 nitrogen and oxygen atoms in total. The summed E-state index contributed by atoms with van der Waals surface area (Å²) in [5, 5.41) is 16.7. The van der Waals surface area contributed by atoms with E-state index >= 15 is 0 Å². The first kappa shape index (κ1) is 13.9. The summed E-state index contributed by atoms with van der Waals surface area (Å²) in [6.45, 7) is 2.57. The van der Waals surface area contributed by atoms with E-state index in [0.717, 1.165) is 32.1 Å². The Bertz CT molecular complexity index is 449. The first-order chi connectivity index (χ1) is 9.10. The Morgan fingerprint density at radius 1 is 1.53 bits per heavy atom. The summed E-state index contributed by atoms with van der Waals surface area (Å²) in [5.74, 6) is -0.291. The van der Waals surface area contributed by atoms with E-state index in [9.17, 15) is 9.90 Å². The van der Waals surface area contributed by atoms with E-state index in [2.05, 4.69) is 10.4 Å². The van der Waals surface area contributed by atoms with Gasteiger partial charge in [0.1, 0.15) is 0 Å². The first-order valence-corrected chi connectivity index (χ1v) is 6.86. The van der Waals surface area contributed by atoms with E-state index < -0.39 is 5.54 Å².